The number of benzene rings is 1. The van der Waals surface area contributed by atoms with Gasteiger partial charge in [-0.2, -0.15) is 0 Å². The molecule has 0 spiro atoms. The van der Waals surface area contributed by atoms with E-state index in [9.17, 15) is 20.0 Å². The van der Waals surface area contributed by atoms with Crippen LogP contribution in [0.25, 0.3) is 11.0 Å². The van der Waals surface area contributed by atoms with Crippen LogP contribution in [0, 0.1) is 10.1 Å². The monoisotopic (exact) mass is 265 g/mol. The average Bonchev–Trinajstić information content (AvgIpc) is 2.60. The van der Waals surface area contributed by atoms with Crippen molar-refractivity contribution in [2.24, 2.45) is 0 Å². The molecule has 2 N–H and O–H groups in total. The molecule has 0 bridgehead atoms. The van der Waals surface area contributed by atoms with Gasteiger partial charge in [0.15, 0.2) is 0 Å². The number of nitrogens with zero attached hydrogens (tertiary/aromatic N) is 2. The molecule has 1 aromatic heterocycles. The lowest BCUT2D eigenvalue weighted by Gasteiger charge is -2.16. The number of nitro groups is 1. The zero-order valence-corrected chi connectivity index (χ0v) is 10.7. The molecule has 0 atom stereocenters. The fourth-order valence-corrected chi connectivity index (χ4v) is 1.86. The van der Waals surface area contributed by atoms with E-state index in [0.29, 0.717) is 24.0 Å². The molecule has 1 aromatic carbocycles. The fraction of sp³-hybridized carbons (Fsp3) is 0.417. The van der Waals surface area contributed by atoms with Gasteiger partial charge in [0.25, 0.3) is 5.69 Å². The van der Waals surface area contributed by atoms with Gasteiger partial charge in [0.2, 0.25) is 0 Å². The summed E-state index contributed by atoms with van der Waals surface area (Å²) in [5, 5.41) is 20.4. The molecular weight excluding hydrogens is 250 g/mol. The minimum atomic E-state index is -0.899. The molecule has 19 heavy (non-hydrogen) atoms. The Morgan fingerprint density at radius 2 is 2.16 bits per heavy atom. The molecule has 0 saturated carbocycles. The van der Waals surface area contributed by atoms with E-state index >= 15 is 0 Å². The number of imidazole rings is 1. The number of nitro benzene ring substituents is 1. The van der Waals surface area contributed by atoms with Gasteiger partial charge >= 0.3 is 5.69 Å². The van der Waals surface area contributed by atoms with Crippen LogP contribution < -0.4 is 5.69 Å². The van der Waals surface area contributed by atoms with E-state index in [4.69, 9.17) is 0 Å². The summed E-state index contributed by atoms with van der Waals surface area (Å²) in [5.74, 6) is 0. The minimum absolute atomic E-state index is 0.0662. The predicted octanol–water partition coefficient (Wildman–Crippen LogP) is 1.40. The van der Waals surface area contributed by atoms with Gasteiger partial charge < -0.3 is 10.1 Å². The Kier molecular flexibility index (Phi) is 3.15. The third-order valence-corrected chi connectivity index (χ3v) is 2.92. The van der Waals surface area contributed by atoms with E-state index in [1.54, 1.807) is 13.8 Å². The second kappa shape index (κ2) is 4.51. The summed E-state index contributed by atoms with van der Waals surface area (Å²) >= 11 is 0. The molecule has 0 fully saturated rings. The zero-order chi connectivity index (χ0) is 14.2. The number of rotatable bonds is 4. The van der Waals surface area contributed by atoms with E-state index in [-0.39, 0.29) is 11.4 Å². The van der Waals surface area contributed by atoms with Crippen LogP contribution in [0.2, 0.25) is 0 Å². The van der Waals surface area contributed by atoms with Crippen molar-refractivity contribution in [3.63, 3.8) is 0 Å². The molecule has 0 aliphatic rings. The van der Waals surface area contributed by atoms with Crippen LogP contribution >= 0.6 is 0 Å². The smallest absolute Gasteiger partial charge is 0.326 e. The summed E-state index contributed by atoms with van der Waals surface area (Å²) in [5.41, 5.74) is -0.276. The van der Waals surface area contributed by atoms with Gasteiger partial charge in [0, 0.05) is 18.7 Å². The lowest BCUT2D eigenvalue weighted by molar-refractivity contribution is -0.384. The Morgan fingerprint density at radius 1 is 1.47 bits per heavy atom. The molecule has 0 amide bonds. The summed E-state index contributed by atoms with van der Waals surface area (Å²) in [6.07, 6.45) is 0.378. The van der Waals surface area contributed by atoms with Crippen molar-refractivity contribution >= 4 is 16.7 Å². The van der Waals surface area contributed by atoms with Crippen molar-refractivity contribution in [2.75, 3.05) is 0 Å². The third-order valence-electron chi connectivity index (χ3n) is 2.92. The van der Waals surface area contributed by atoms with Gasteiger partial charge in [-0.1, -0.05) is 0 Å². The first-order valence-electron chi connectivity index (χ1n) is 5.87. The molecule has 7 nitrogen and oxygen atoms in total. The Bertz CT molecular complexity index is 678. The second-order valence-corrected chi connectivity index (χ2v) is 5.10. The lowest BCUT2D eigenvalue weighted by atomic mass is 10.1. The highest BCUT2D eigenvalue weighted by atomic mass is 16.6. The predicted molar refractivity (Wildman–Crippen MR) is 70.1 cm³/mol. The number of H-pyrrole nitrogens is 1. The zero-order valence-electron chi connectivity index (χ0n) is 10.7. The Labute approximate surface area is 108 Å². The summed E-state index contributed by atoms with van der Waals surface area (Å²) in [4.78, 5) is 24.7. The molecule has 0 aliphatic heterocycles. The van der Waals surface area contributed by atoms with Crippen LogP contribution in [0.15, 0.2) is 23.0 Å². The van der Waals surface area contributed by atoms with Gasteiger partial charge in [-0.05, 0) is 26.3 Å². The SMILES string of the molecule is CC(C)(O)CCn1c(=O)[nH]c2ccc([N+](=O)[O-])cc21. The number of aryl methyl sites for hydroxylation is 1. The number of aliphatic hydroxyl groups is 1. The van der Waals surface area contributed by atoms with E-state index in [0.717, 1.165) is 0 Å². The molecule has 0 radical (unpaired) electrons. The topological polar surface area (TPSA) is 101 Å². The highest BCUT2D eigenvalue weighted by Crippen LogP contribution is 2.19. The number of non-ortho nitro benzene ring substituents is 1. The van der Waals surface area contributed by atoms with Crippen molar-refractivity contribution in [3.05, 3.63) is 38.8 Å². The number of hydrogen-bond acceptors (Lipinski definition) is 4. The third kappa shape index (κ3) is 2.82. The van der Waals surface area contributed by atoms with Crippen LogP contribution in [0.4, 0.5) is 5.69 Å². The maximum absolute atomic E-state index is 11.8. The van der Waals surface area contributed by atoms with Crippen LogP contribution in [0.5, 0.6) is 0 Å². The molecule has 2 rings (SSSR count). The second-order valence-electron chi connectivity index (χ2n) is 5.10. The van der Waals surface area contributed by atoms with Gasteiger partial charge in [0.05, 0.1) is 21.6 Å². The van der Waals surface area contributed by atoms with Gasteiger partial charge in [-0.25, -0.2) is 4.79 Å². The molecule has 1 heterocycles. The first-order chi connectivity index (χ1) is 8.78. The Balaban J connectivity index is 2.47. The number of hydrogen-bond donors (Lipinski definition) is 2. The molecule has 0 unspecified atom stereocenters. The van der Waals surface area contributed by atoms with E-state index in [1.807, 2.05) is 0 Å². The Hall–Kier alpha value is -2.15. The van der Waals surface area contributed by atoms with Crippen molar-refractivity contribution in [2.45, 2.75) is 32.4 Å². The van der Waals surface area contributed by atoms with E-state index in [2.05, 4.69) is 4.98 Å². The first kappa shape index (κ1) is 13.3. The molecule has 7 heteroatoms. The fourth-order valence-electron chi connectivity index (χ4n) is 1.86. The quantitative estimate of drug-likeness (QED) is 0.644. The van der Waals surface area contributed by atoms with Crippen molar-refractivity contribution in [1.82, 2.24) is 9.55 Å². The van der Waals surface area contributed by atoms with Crippen molar-refractivity contribution < 1.29 is 10.0 Å². The maximum atomic E-state index is 11.8. The number of nitrogens with one attached hydrogen (secondary N) is 1. The average molecular weight is 265 g/mol. The molecule has 2 aromatic rings. The first-order valence-corrected chi connectivity index (χ1v) is 5.87. The number of aromatic nitrogens is 2. The lowest BCUT2D eigenvalue weighted by Crippen LogP contribution is -2.25. The van der Waals surface area contributed by atoms with Crippen LogP contribution in [0.3, 0.4) is 0 Å². The number of aromatic amines is 1. The summed E-state index contributed by atoms with van der Waals surface area (Å²) in [6.45, 7) is 3.59. The highest BCUT2D eigenvalue weighted by Gasteiger charge is 2.16. The Morgan fingerprint density at radius 3 is 2.74 bits per heavy atom. The largest absolute Gasteiger partial charge is 0.390 e. The highest BCUT2D eigenvalue weighted by molar-refractivity contribution is 5.77. The van der Waals surface area contributed by atoms with E-state index < -0.39 is 10.5 Å². The van der Waals surface area contributed by atoms with Gasteiger partial charge in [-0.15, -0.1) is 0 Å². The maximum Gasteiger partial charge on any atom is 0.326 e. The standard InChI is InChI=1S/C12H15N3O4/c1-12(2,17)5-6-14-10-7-8(15(18)19)3-4-9(10)13-11(14)16/h3-4,7,17H,5-6H2,1-2H3,(H,13,16). The van der Waals surface area contributed by atoms with Crippen LogP contribution in [-0.4, -0.2) is 25.2 Å². The normalized spacial score (nSPS) is 11.9. The minimum Gasteiger partial charge on any atom is -0.390 e. The van der Waals surface area contributed by atoms with Gasteiger partial charge in [0.1, 0.15) is 0 Å². The molecular formula is C12H15N3O4. The number of fused-ring (bicyclic) bond motifs is 1. The molecule has 0 aliphatic carbocycles. The van der Waals surface area contributed by atoms with Crippen LogP contribution in [0.1, 0.15) is 20.3 Å². The van der Waals surface area contributed by atoms with Gasteiger partial charge in [-0.3, -0.25) is 14.7 Å². The molecule has 0 saturated heterocycles. The van der Waals surface area contributed by atoms with E-state index in [1.165, 1.54) is 22.8 Å². The van der Waals surface area contributed by atoms with Crippen molar-refractivity contribution in [3.8, 4) is 0 Å². The molecule has 102 valence electrons. The summed E-state index contributed by atoms with van der Waals surface area (Å²) in [6, 6.07) is 4.21. The van der Waals surface area contributed by atoms with Crippen molar-refractivity contribution in [1.29, 1.82) is 0 Å². The summed E-state index contributed by atoms with van der Waals surface area (Å²) in [7, 11) is 0. The summed E-state index contributed by atoms with van der Waals surface area (Å²) < 4.78 is 1.40. The van der Waals surface area contributed by atoms with Crippen LogP contribution in [-0.2, 0) is 6.54 Å².